The molecule has 23 heavy (non-hydrogen) atoms. The van der Waals surface area contributed by atoms with E-state index in [0.29, 0.717) is 17.7 Å². The molecule has 1 heterocycles. The van der Waals surface area contributed by atoms with Crippen molar-refractivity contribution in [1.29, 1.82) is 0 Å². The number of hydrogen-bond donors (Lipinski definition) is 1. The summed E-state index contributed by atoms with van der Waals surface area (Å²) >= 11 is 3.44. The van der Waals surface area contributed by atoms with Gasteiger partial charge in [-0.15, -0.1) is 6.58 Å². The quantitative estimate of drug-likeness (QED) is 0.661. The number of benzene rings is 2. The zero-order valence-corrected chi connectivity index (χ0v) is 14.0. The number of hydrogen-bond acceptors (Lipinski definition) is 2. The number of anilines is 1. The van der Waals surface area contributed by atoms with Crippen LogP contribution in [0.15, 0.2) is 71.9 Å². The van der Waals surface area contributed by atoms with E-state index >= 15 is 0 Å². The third-order valence-corrected chi connectivity index (χ3v) is 4.05. The van der Waals surface area contributed by atoms with E-state index < -0.39 is 0 Å². The zero-order valence-electron chi connectivity index (χ0n) is 12.4. The highest BCUT2D eigenvalue weighted by atomic mass is 79.9. The minimum absolute atomic E-state index is 0.146. The molecular formula is C19H15BrN2O. The number of rotatable bonds is 4. The van der Waals surface area contributed by atoms with Gasteiger partial charge in [0.25, 0.3) is 5.91 Å². The fourth-order valence-electron chi connectivity index (χ4n) is 2.50. The molecule has 1 amide bonds. The van der Waals surface area contributed by atoms with Crippen molar-refractivity contribution in [3.8, 4) is 0 Å². The average Bonchev–Trinajstić information content (AvgIpc) is 2.55. The Bertz CT molecular complexity index is 884. The van der Waals surface area contributed by atoms with E-state index in [1.807, 2.05) is 48.5 Å². The summed E-state index contributed by atoms with van der Waals surface area (Å²) in [7, 11) is 0. The molecule has 0 radical (unpaired) electrons. The van der Waals surface area contributed by atoms with Crippen molar-refractivity contribution in [2.24, 2.45) is 0 Å². The molecular weight excluding hydrogens is 352 g/mol. The Morgan fingerprint density at radius 3 is 2.87 bits per heavy atom. The molecule has 114 valence electrons. The molecule has 0 saturated heterocycles. The van der Waals surface area contributed by atoms with Crippen LogP contribution in [0.2, 0.25) is 0 Å². The molecule has 3 nitrogen and oxygen atoms in total. The lowest BCUT2D eigenvalue weighted by atomic mass is 10.0. The number of nitrogens with one attached hydrogen (secondary N) is 1. The highest BCUT2D eigenvalue weighted by Gasteiger charge is 2.13. The predicted octanol–water partition coefficient (Wildman–Crippen LogP) is 4.98. The van der Waals surface area contributed by atoms with Crippen molar-refractivity contribution in [2.45, 2.75) is 6.42 Å². The van der Waals surface area contributed by atoms with Gasteiger partial charge in [0, 0.05) is 21.6 Å². The second kappa shape index (κ2) is 6.75. The summed E-state index contributed by atoms with van der Waals surface area (Å²) in [4.78, 5) is 17.0. The highest BCUT2D eigenvalue weighted by Crippen LogP contribution is 2.23. The van der Waals surface area contributed by atoms with Crippen LogP contribution in [0.5, 0.6) is 0 Å². The smallest absolute Gasteiger partial charge is 0.256 e. The zero-order chi connectivity index (χ0) is 16.2. The Morgan fingerprint density at radius 1 is 1.22 bits per heavy atom. The van der Waals surface area contributed by atoms with Crippen LogP contribution in [-0.4, -0.2) is 10.9 Å². The van der Waals surface area contributed by atoms with Crippen LogP contribution in [0, 0.1) is 0 Å². The minimum Gasteiger partial charge on any atom is -0.320 e. The van der Waals surface area contributed by atoms with E-state index in [-0.39, 0.29) is 5.91 Å². The highest BCUT2D eigenvalue weighted by molar-refractivity contribution is 9.10. The summed E-state index contributed by atoms with van der Waals surface area (Å²) in [5.74, 6) is -0.146. The van der Waals surface area contributed by atoms with Gasteiger partial charge in [0.05, 0.1) is 11.2 Å². The Morgan fingerprint density at radius 2 is 2.04 bits per heavy atom. The number of aromatic nitrogens is 1. The van der Waals surface area contributed by atoms with Gasteiger partial charge >= 0.3 is 0 Å². The topological polar surface area (TPSA) is 42.0 Å². The van der Waals surface area contributed by atoms with Crippen molar-refractivity contribution in [3.05, 3.63) is 83.0 Å². The largest absolute Gasteiger partial charge is 0.320 e. The third kappa shape index (κ3) is 3.32. The third-order valence-electron chi connectivity index (χ3n) is 3.56. The van der Waals surface area contributed by atoms with E-state index in [4.69, 9.17) is 0 Å². The van der Waals surface area contributed by atoms with Crippen LogP contribution in [0.25, 0.3) is 10.9 Å². The molecule has 2 aromatic carbocycles. The lowest BCUT2D eigenvalue weighted by Gasteiger charge is -2.11. The lowest BCUT2D eigenvalue weighted by Crippen LogP contribution is -2.14. The maximum Gasteiger partial charge on any atom is 0.256 e. The molecule has 0 spiro atoms. The molecule has 3 rings (SSSR count). The Labute approximate surface area is 143 Å². The molecule has 0 unspecified atom stereocenters. The monoisotopic (exact) mass is 366 g/mol. The number of allylic oxidation sites excluding steroid dienone is 1. The molecule has 1 aromatic heterocycles. The number of pyridine rings is 1. The van der Waals surface area contributed by atoms with Gasteiger partial charge in [-0.25, -0.2) is 0 Å². The molecule has 3 aromatic rings. The second-order valence-corrected chi connectivity index (χ2v) is 6.04. The number of carbonyl (C=O) groups is 1. The van der Waals surface area contributed by atoms with E-state index in [9.17, 15) is 4.79 Å². The summed E-state index contributed by atoms with van der Waals surface area (Å²) < 4.78 is 0.942. The summed E-state index contributed by atoms with van der Waals surface area (Å²) in [6.07, 6.45) is 4.15. The van der Waals surface area contributed by atoms with Gasteiger partial charge in [-0.05, 0) is 42.3 Å². The molecule has 4 heteroatoms. The van der Waals surface area contributed by atoms with Crippen LogP contribution in [0.3, 0.4) is 0 Å². The molecule has 0 atom stereocenters. The Kier molecular flexibility index (Phi) is 4.53. The summed E-state index contributed by atoms with van der Waals surface area (Å²) in [6.45, 7) is 3.75. The van der Waals surface area contributed by atoms with E-state index in [1.165, 1.54) is 0 Å². The van der Waals surface area contributed by atoms with Gasteiger partial charge in [0.2, 0.25) is 0 Å². The first-order chi connectivity index (χ1) is 11.2. The maximum atomic E-state index is 12.7. The fraction of sp³-hybridized carbons (Fsp3) is 0.0526. The molecule has 1 N–H and O–H groups in total. The number of halogens is 1. The lowest BCUT2D eigenvalue weighted by molar-refractivity contribution is 0.102. The molecule has 0 aliphatic carbocycles. The van der Waals surface area contributed by atoms with Gasteiger partial charge in [-0.3, -0.25) is 9.78 Å². The number of para-hydroxylation sites is 1. The second-order valence-electron chi connectivity index (χ2n) is 5.13. The summed E-state index contributed by atoms with van der Waals surface area (Å²) in [5.41, 5.74) is 3.06. The molecule has 0 bridgehead atoms. The summed E-state index contributed by atoms with van der Waals surface area (Å²) in [5, 5.41) is 3.96. The van der Waals surface area contributed by atoms with Crippen molar-refractivity contribution < 1.29 is 4.79 Å². The molecule has 0 aliphatic heterocycles. The first-order valence-electron chi connectivity index (χ1n) is 7.23. The minimum atomic E-state index is -0.146. The molecule has 0 saturated carbocycles. The van der Waals surface area contributed by atoms with Crippen LogP contribution in [0.1, 0.15) is 15.9 Å². The van der Waals surface area contributed by atoms with Crippen LogP contribution in [0.4, 0.5) is 5.69 Å². The van der Waals surface area contributed by atoms with Crippen LogP contribution >= 0.6 is 15.9 Å². The van der Waals surface area contributed by atoms with E-state index in [1.54, 1.807) is 12.3 Å². The predicted molar refractivity (Wildman–Crippen MR) is 97.7 cm³/mol. The first-order valence-corrected chi connectivity index (χ1v) is 8.03. The average molecular weight is 367 g/mol. The molecule has 0 fully saturated rings. The Balaban J connectivity index is 1.97. The number of fused-ring (bicyclic) bond motifs is 1. The van der Waals surface area contributed by atoms with Gasteiger partial charge in [0.1, 0.15) is 0 Å². The van der Waals surface area contributed by atoms with Crippen molar-refractivity contribution in [3.63, 3.8) is 0 Å². The number of nitrogens with zero attached hydrogens (tertiary/aromatic N) is 1. The van der Waals surface area contributed by atoms with E-state index in [0.717, 1.165) is 20.9 Å². The van der Waals surface area contributed by atoms with Gasteiger partial charge < -0.3 is 5.32 Å². The standard InChI is InChI=1S/C19H15BrN2O/c1-2-5-14-12-15(20)9-10-16(14)19(23)22-17-8-3-6-13-7-4-11-21-18(13)17/h2-4,6-12H,1,5H2,(H,22,23). The van der Waals surface area contributed by atoms with Crippen LogP contribution < -0.4 is 5.32 Å². The normalized spacial score (nSPS) is 10.5. The van der Waals surface area contributed by atoms with Crippen molar-refractivity contribution in [1.82, 2.24) is 4.98 Å². The van der Waals surface area contributed by atoms with Crippen molar-refractivity contribution >= 4 is 38.4 Å². The van der Waals surface area contributed by atoms with Gasteiger partial charge in [-0.1, -0.05) is 40.2 Å². The SMILES string of the molecule is C=CCc1cc(Br)ccc1C(=O)Nc1cccc2cccnc12. The Hall–Kier alpha value is -2.46. The first kappa shape index (κ1) is 15.4. The van der Waals surface area contributed by atoms with Gasteiger partial charge in [-0.2, -0.15) is 0 Å². The fourth-order valence-corrected chi connectivity index (χ4v) is 2.91. The van der Waals surface area contributed by atoms with Crippen molar-refractivity contribution in [2.75, 3.05) is 5.32 Å². The molecule has 0 aliphatic rings. The summed E-state index contributed by atoms with van der Waals surface area (Å²) in [6, 6.07) is 15.2. The van der Waals surface area contributed by atoms with Crippen LogP contribution in [-0.2, 0) is 6.42 Å². The number of carbonyl (C=O) groups excluding carboxylic acids is 1. The maximum absolute atomic E-state index is 12.7. The van der Waals surface area contributed by atoms with E-state index in [2.05, 4.69) is 32.8 Å². The number of amides is 1. The van der Waals surface area contributed by atoms with Gasteiger partial charge in [0.15, 0.2) is 0 Å².